The van der Waals surface area contributed by atoms with Crippen LogP contribution in [0.2, 0.25) is 0 Å². The first-order valence-corrected chi connectivity index (χ1v) is 8.11. The van der Waals surface area contributed by atoms with E-state index in [9.17, 15) is 24.6 Å². The summed E-state index contributed by atoms with van der Waals surface area (Å²) in [4.78, 5) is 45.9. The van der Waals surface area contributed by atoms with E-state index < -0.39 is 36.1 Å². The second-order valence-electron chi connectivity index (χ2n) is 6.36. The van der Waals surface area contributed by atoms with E-state index in [1.807, 2.05) is 0 Å². The molecule has 4 N–H and O–H groups in total. The number of carbonyl (C=O) groups excluding carboxylic acids is 1. The quantitative estimate of drug-likeness (QED) is 0.511. The molecular weight excluding hydrogens is 362 g/mol. The maximum atomic E-state index is 12.2. The fourth-order valence-electron chi connectivity index (χ4n) is 2.77. The van der Waals surface area contributed by atoms with E-state index in [1.165, 1.54) is 18.0 Å². The number of aliphatic carboxylic acids is 1. The van der Waals surface area contributed by atoms with Gasteiger partial charge in [-0.2, -0.15) is 4.98 Å². The molecule has 4 atom stereocenters. The number of nitrogens with one attached hydrogen (secondary N) is 2. The van der Waals surface area contributed by atoms with Crippen molar-refractivity contribution in [2.75, 3.05) is 12.4 Å². The van der Waals surface area contributed by atoms with E-state index in [1.54, 1.807) is 13.8 Å². The normalized spacial score (nSPS) is 25.2. The third kappa shape index (κ3) is 3.29. The van der Waals surface area contributed by atoms with Gasteiger partial charge in [-0.25, -0.2) is 9.78 Å². The molecule has 2 aromatic rings. The number of hydrogen-bond acceptors (Lipinski definition) is 8. The molecule has 1 aliphatic rings. The number of nitrogens with zero attached hydrogens (tertiary/aromatic N) is 3. The van der Waals surface area contributed by atoms with Crippen LogP contribution in [0, 0.1) is 5.92 Å². The standard InChI is InChI=1S/C15H19N5O7/c1-5(2)11(22)18-15-17-10-6(12(23)19-15)16-4-20(10)13-8(26-3)7(21)9(27-13)14(24)25/h4-5,7-9,13,21H,1-3H3,(H,24,25)(H2,17,18,19,22,23)/t7-,8?,9+,13-/m1/s1. The van der Waals surface area contributed by atoms with Crippen LogP contribution >= 0.6 is 0 Å². The smallest absolute Gasteiger partial charge is 0.335 e. The monoisotopic (exact) mass is 381 g/mol. The number of aromatic amines is 1. The van der Waals surface area contributed by atoms with Gasteiger partial charge < -0.3 is 19.7 Å². The predicted molar refractivity (Wildman–Crippen MR) is 90.0 cm³/mol. The Morgan fingerprint density at radius 3 is 2.74 bits per heavy atom. The van der Waals surface area contributed by atoms with Gasteiger partial charge >= 0.3 is 5.97 Å². The zero-order chi connectivity index (χ0) is 19.9. The van der Waals surface area contributed by atoms with Crippen LogP contribution in [-0.2, 0) is 19.1 Å². The highest BCUT2D eigenvalue weighted by atomic mass is 16.6. The molecule has 2 aromatic heterocycles. The first kappa shape index (κ1) is 18.9. The molecular formula is C15H19N5O7. The summed E-state index contributed by atoms with van der Waals surface area (Å²) in [5.41, 5.74) is -0.590. The SMILES string of the molecule is COC1[C@@H](O)[C@@H](C(=O)O)O[C@H]1n1cnc2c(=O)[nH]c(NC(=O)C(C)C)nc21. The number of hydrogen-bond donors (Lipinski definition) is 4. The average Bonchev–Trinajstić information content (AvgIpc) is 3.15. The molecule has 3 heterocycles. The van der Waals surface area contributed by atoms with Crippen LogP contribution in [0.3, 0.4) is 0 Å². The molecule has 146 valence electrons. The first-order valence-electron chi connectivity index (χ1n) is 8.11. The van der Waals surface area contributed by atoms with E-state index in [2.05, 4.69) is 20.3 Å². The molecule has 1 saturated heterocycles. The van der Waals surface area contributed by atoms with Gasteiger partial charge in [0.1, 0.15) is 12.2 Å². The van der Waals surface area contributed by atoms with Gasteiger partial charge in [0.05, 0.1) is 6.33 Å². The number of carbonyl (C=O) groups is 2. The summed E-state index contributed by atoms with van der Waals surface area (Å²) in [7, 11) is 1.29. The van der Waals surface area contributed by atoms with Crippen LogP contribution < -0.4 is 10.9 Å². The molecule has 27 heavy (non-hydrogen) atoms. The van der Waals surface area contributed by atoms with Gasteiger partial charge in [-0.3, -0.25) is 24.5 Å². The molecule has 0 aromatic carbocycles. The zero-order valence-electron chi connectivity index (χ0n) is 14.7. The largest absolute Gasteiger partial charge is 0.479 e. The average molecular weight is 381 g/mol. The number of amides is 1. The van der Waals surface area contributed by atoms with Gasteiger partial charge in [0.2, 0.25) is 11.9 Å². The summed E-state index contributed by atoms with van der Waals surface area (Å²) in [6.45, 7) is 3.36. The van der Waals surface area contributed by atoms with Crippen molar-refractivity contribution in [3.8, 4) is 0 Å². The van der Waals surface area contributed by atoms with E-state index >= 15 is 0 Å². The fraction of sp³-hybridized carbons (Fsp3) is 0.533. The Bertz CT molecular complexity index is 936. The lowest BCUT2D eigenvalue weighted by Gasteiger charge is -2.19. The van der Waals surface area contributed by atoms with Crippen LogP contribution in [0.15, 0.2) is 11.1 Å². The summed E-state index contributed by atoms with van der Waals surface area (Å²) < 4.78 is 11.9. The molecule has 0 spiro atoms. The Balaban J connectivity index is 2.04. The van der Waals surface area contributed by atoms with Crippen LogP contribution in [-0.4, -0.2) is 67.0 Å². The summed E-state index contributed by atoms with van der Waals surface area (Å²) in [6.07, 6.45) is -3.83. The van der Waals surface area contributed by atoms with Crippen molar-refractivity contribution in [1.29, 1.82) is 0 Å². The number of carboxylic acids is 1. The second-order valence-corrected chi connectivity index (χ2v) is 6.36. The van der Waals surface area contributed by atoms with Crippen molar-refractivity contribution in [2.45, 2.75) is 38.4 Å². The number of methoxy groups -OCH3 is 1. The lowest BCUT2D eigenvalue weighted by Crippen LogP contribution is -2.37. The van der Waals surface area contributed by atoms with Gasteiger partial charge in [-0.15, -0.1) is 0 Å². The molecule has 0 radical (unpaired) electrons. The summed E-state index contributed by atoms with van der Waals surface area (Å²) >= 11 is 0. The minimum atomic E-state index is -1.51. The maximum absolute atomic E-state index is 12.2. The highest BCUT2D eigenvalue weighted by molar-refractivity contribution is 5.91. The maximum Gasteiger partial charge on any atom is 0.335 e. The lowest BCUT2D eigenvalue weighted by molar-refractivity contribution is -0.155. The van der Waals surface area contributed by atoms with E-state index in [0.717, 1.165) is 0 Å². The van der Waals surface area contributed by atoms with Crippen LogP contribution in [0.25, 0.3) is 11.2 Å². The Labute approximate surface area is 152 Å². The fourth-order valence-corrected chi connectivity index (χ4v) is 2.77. The molecule has 12 heteroatoms. The number of aliphatic hydroxyl groups excluding tert-OH is 1. The molecule has 0 saturated carbocycles. The third-order valence-electron chi connectivity index (χ3n) is 4.20. The number of rotatable bonds is 5. The van der Waals surface area contributed by atoms with Crippen molar-refractivity contribution in [2.24, 2.45) is 5.92 Å². The summed E-state index contributed by atoms with van der Waals surface area (Å²) in [5, 5.41) is 21.8. The van der Waals surface area contributed by atoms with Crippen molar-refractivity contribution in [3.05, 3.63) is 16.7 Å². The number of H-pyrrole nitrogens is 1. The van der Waals surface area contributed by atoms with Gasteiger partial charge in [0.25, 0.3) is 5.56 Å². The molecule has 1 fully saturated rings. The molecule has 3 rings (SSSR count). The Morgan fingerprint density at radius 1 is 1.44 bits per heavy atom. The minimum Gasteiger partial charge on any atom is -0.479 e. The number of aromatic nitrogens is 4. The molecule has 0 bridgehead atoms. The number of aliphatic hydroxyl groups is 1. The third-order valence-corrected chi connectivity index (χ3v) is 4.20. The molecule has 1 aliphatic heterocycles. The number of imidazole rings is 1. The van der Waals surface area contributed by atoms with Gasteiger partial charge in [0, 0.05) is 13.0 Å². The van der Waals surface area contributed by atoms with E-state index in [-0.39, 0.29) is 28.9 Å². The number of anilines is 1. The lowest BCUT2D eigenvalue weighted by atomic mass is 10.1. The van der Waals surface area contributed by atoms with Gasteiger partial charge in [-0.05, 0) is 0 Å². The van der Waals surface area contributed by atoms with Gasteiger partial charge in [0.15, 0.2) is 23.5 Å². The highest BCUT2D eigenvalue weighted by Gasteiger charge is 2.49. The van der Waals surface area contributed by atoms with Crippen molar-refractivity contribution < 1.29 is 29.3 Å². The van der Waals surface area contributed by atoms with Crippen molar-refractivity contribution in [3.63, 3.8) is 0 Å². The van der Waals surface area contributed by atoms with Gasteiger partial charge in [-0.1, -0.05) is 13.8 Å². The molecule has 0 aliphatic carbocycles. The Hall–Kier alpha value is -2.83. The molecule has 1 unspecified atom stereocenters. The number of ether oxygens (including phenoxy) is 2. The van der Waals surface area contributed by atoms with E-state index in [4.69, 9.17) is 9.47 Å². The zero-order valence-corrected chi connectivity index (χ0v) is 14.7. The van der Waals surface area contributed by atoms with Crippen LogP contribution in [0.5, 0.6) is 0 Å². The number of fused-ring (bicyclic) bond motifs is 1. The van der Waals surface area contributed by atoms with Crippen molar-refractivity contribution in [1.82, 2.24) is 19.5 Å². The topological polar surface area (TPSA) is 169 Å². The number of carboxylic acid groups (broad SMARTS) is 1. The van der Waals surface area contributed by atoms with E-state index in [0.29, 0.717) is 0 Å². The summed E-state index contributed by atoms with van der Waals surface area (Å²) in [5.74, 6) is -2.13. The van der Waals surface area contributed by atoms with Crippen LogP contribution in [0.4, 0.5) is 5.95 Å². The highest BCUT2D eigenvalue weighted by Crippen LogP contribution is 2.33. The van der Waals surface area contributed by atoms with Crippen molar-refractivity contribution >= 4 is 29.0 Å². The predicted octanol–water partition coefficient (Wildman–Crippen LogP) is -0.928. The Morgan fingerprint density at radius 2 is 2.15 bits per heavy atom. The van der Waals surface area contributed by atoms with Crippen LogP contribution in [0.1, 0.15) is 20.1 Å². The summed E-state index contributed by atoms with van der Waals surface area (Å²) in [6, 6.07) is 0. The molecule has 12 nitrogen and oxygen atoms in total. The first-order chi connectivity index (χ1) is 12.7. The second kappa shape index (κ2) is 7.06. The Kier molecular flexibility index (Phi) is 4.95. The molecule has 1 amide bonds. The minimum absolute atomic E-state index is 0.0377.